The lowest BCUT2D eigenvalue weighted by atomic mass is 10.1. The molecule has 0 saturated carbocycles. The molecule has 0 aliphatic rings. The minimum absolute atomic E-state index is 0.0423. The van der Waals surface area contributed by atoms with Gasteiger partial charge < -0.3 is 10.4 Å². The Labute approximate surface area is 122 Å². The number of aromatic nitrogens is 1. The Hall–Kier alpha value is -2.15. The molecule has 21 heavy (non-hydrogen) atoms. The number of carbonyl (C=O) groups is 1. The number of hydrogen-bond donors (Lipinski definition) is 2. The largest absolute Gasteiger partial charge is 0.477 e. The number of nitrogens with zero attached hydrogens (tertiary/aromatic N) is 1. The van der Waals surface area contributed by atoms with Crippen LogP contribution < -0.4 is 5.32 Å². The number of carboxylic acids is 1. The van der Waals surface area contributed by atoms with Gasteiger partial charge in [-0.2, -0.15) is 0 Å². The highest BCUT2D eigenvalue weighted by atomic mass is 32.2. The van der Waals surface area contributed by atoms with Gasteiger partial charge in [-0.15, -0.1) is 0 Å². The highest BCUT2D eigenvalue weighted by Gasteiger charge is 2.10. The summed E-state index contributed by atoms with van der Waals surface area (Å²) < 4.78 is 22.2. The van der Waals surface area contributed by atoms with E-state index in [9.17, 15) is 13.2 Å². The molecule has 0 atom stereocenters. The van der Waals surface area contributed by atoms with Crippen LogP contribution in [0.15, 0.2) is 30.3 Å². The van der Waals surface area contributed by atoms with Gasteiger partial charge in [0.1, 0.15) is 15.7 Å². The van der Waals surface area contributed by atoms with Gasteiger partial charge in [0.2, 0.25) is 0 Å². The van der Waals surface area contributed by atoms with Crippen molar-refractivity contribution in [1.82, 2.24) is 4.98 Å². The third-order valence-corrected chi connectivity index (χ3v) is 3.97. The van der Waals surface area contributed by atoms with Crippen LogP contribution in [-0.4, -0.2) is 43.0 Å². The van der Waals surface area contributed by atoms with Gasteiger partial charge in [-0.05, 0) is 17.9 Å². The second-order valence-corrected chi connectivity index (χ2v) is 7.05. The molecule has 1 heterocycles. The first kappa shape index (κ1) is 15.2. The molecule has 6 nitrogen and oxygen atoms in total. The van der Waals surface area contributed by atoms with Crippen LogP contribution in [0.1, 0.15) is 16.9 Å². The van der Waals surface area contributed by atoms with E-state index in [0.29, 0.717) is 18.8 Å². The molecule has 1 aromatic heterocycles. The molecule has 0 amide bonds. The number of rotatable bonds is 6. The van der Waals surface area contributed by atoms with E-state index in [4.69, 9.17) is 5.11 Å². The molecule has 1 aromatic carbocycles. The fraction of sp³-hybridized carbons (Fsp3) is 0.286. The minimum atomic E-state index is -3.00. The number of carboxylic acid groups (broad SMARTS) is 1. The Morgan fingerprint density at radius 2 is 2.05 bits per heavy atom. The topological polar surface area (TPSA) is 96.4 Å². The summed E-state index contributed by atoms with van der Waals surface area (Å²) in [7, 11) is -3.00. The van der Waals surface area contributed by atoms with E-state index >= 15 is 0 Å². The van der Waals surface area contributed by atoms with Crippen molar-refractivity contribution in [3.05, 3.63) is 36.0 Å². The summed E-state index contributed by atoms with van der Waals surface area (Å²) in [5, 5.41) is 13.7. The van der Waals surface area contributed by atoms with Gasteiger partial charge in [0, 0.05) is 18.2 Å². The summed E-state index contributed by atoms with van der Waals surface area (Å²) in [6, 6.07) is 8.82. The van der Waals surface area contributed by atoms with Crippen molar-refractivity contribution in [2.45, 2.75) is 6.42 Å². The third-order valence-electron chi connectivity index (χ3n) is 2.94. The Morgan fingerprint density at radius 3 is 2.71 bits per heavy atom. The van der Waals surface area contributed by atoms with Crippen molar-refractivity contribution in [3.63, 3.8) is 0 Å². The molecular weight excluding hydrogens is 292 g/mol. The van der Waals surface area contributed by atoms with Crippen molar-refractivity contribution in [2.24, 2.45) is 0 Å². The average Bonchev–Trinajstić information content (AvgIpc) is 2.42. The molecule has 0 radical (unpaired) electrons. The van der Waals surface area contributed by atoms with Gasteiger partial charge in [-0.3, -0.25) is 0 Å². The summed E-state index contributed by atoms with van der Waals surface area (Å²) in [6.07, 6.45) is 1.62. The first-order chi connectivity index (χ1) is 9.87. The van der Waals surface area contributed by atoms with Crippen molar-refractivity contribution in [3.8, 4) is 0 Å². The summed E-state index contributed by atoms with van der Waals surface area (Å²) in [6.45, 7) is 0.410. The number of sulfone groups is 1. The van der Waals surface area contributed by atoms with E-state index in [1.165, 1.54) is 12.3 Å². The lowest BCUT2D eigenvalue weighted by molar-refractivity contribution is 0.0691. The zero-order valence-electron chi connectivity index (χ0n) is 11.5. The third kappa shape index (κ3) is 4.16. The minimum Gasteiger partial charge on any atom is -0.477 e. The van der Waals surface area contributed by atoms with Crippen LogP contribution in [0.4, 0.5) is 5.82 Å². The standard InChI is InChI=1S/C14H16N2O4S/c1-21(19,20)8-4-7-15-13-11-6-3-2-5-10(11)9-12(16-13)14(17)18/h2-3,5-6,9H,4,7-8H2,1H3,(H,15,16)(H,17,18). The van der Waals surface area contributed by atoms with Crippen molar-refractivity contribution >= 4 is 32.4 Å². The number of hydrogen-bond acceptors (Lipinski definition) is 5. The van der Waals surface area contributed by atoms with Crippen LogP contribution in [0.3, 0.4) is 0 Å². The van der Waals surface area contributed by atoms with Crippen LogP contribution in [0.25, 0.3) is 10.8 Å². The lowest BCUT2D eigenvalue weighted by Gasteiger charge is -2.10. The number of nitrogens with one attached hydrogen (secondary N) is 1. The molecule has 0 saturated heterocycles. The van der Waals surface area contributed by atoms with Gasteiger partial charge in [0.25, 0.3) is 0 Å². The quantitative estimate of drug-likeness (QED) is 0.790. The maximum atomic E-state index is 11.1. The van der Waals surface area contributed by atoms with E-state index in [1.54, 1.807) is 0 Å². The first-order valence-electron chi connectivity index (χ1n) is 6.41. The number of fused-ring (bicyclic) bond motifs is 1. The predicted octanol–water partition coefficient (Wildman–Crippen LogP) is 1.78. The van der Waals surface area contributed by atoms with Gasteiger partial charge in [-0.1, -0.05) is 24.3 Å². The molecule has 0 fully saturated rings. The zero-order chi connectivity index (χ0) is 15.5. The fourth-order valence-corrected chi connectivity index (χ4v) is 2.65. The smallest absolute Gasteiger partial charge is 0.354 e. The van der Waals surface area contributed by atoms with E-state index in [-0.39, 0.29) is 11.4 Å². The molecule has 2 N–H and O–H groups in total. The zero-order valence-corrected chi connectivity index (χ0v) is 12.4. The molecule has 0 aliphatic heterocycles. The maximum Gasteiger partial charge on any atom is 0.354 e. The van der Waals surface area contributed by atoms with Gasteiger partial charge in [0.15, 0.2) is 5.69 Å². The van der Waals surface area contributed by atoms with Gasteiger partial charge in [-0.25, -0.2) is 18.2 Å². The van der Waals surface area contributed by atoms with E-state index < -0.39 is 15.8 Å². The second-order valence-electron chi connectivity index (χ2n) is 4.79. The van der Waals surface area contributed by atoms with E-state index in [1.807, 2.05) is 24.3 Å². The maximum absolute atomic E-state index is 11.1. The van der Waals surface area contributed by atoms with Crippen LogP contribution >= 0.6 is 0 Å². The van der Waals surface area contributed by atoms with Crippen molar-refractivity contribution in [2.75, 3.05) is 23.9 Å². The number of aromatic carboxylic acids is 1. The second kappa shape index (κ2) is 6.09. The summed E-state index contributed by atoms with van der Waals surface area (Å²) >= 11 is 0. The monoisotopic (exact) mass is 308 g/mol. The molecule has 2 rings (SSSR count). The molecule has 2 aromatic rings. The van der Waals surface area contributed by atoms with Gasteiger partial charge >= 0.3 is 5.97 Å². The van der Waals surface area contributed by atoms with E-state index in [0.717, 1.165) is 10.8 Å². The molecule has 0 unspecified atom stereocenters. The molecule has 0 spiro atoms. The van der Waals surface area contributed by atoms with Crippen LogP contribution in [-0.2, 0) is 9.84 Å². The molecule has 7 heteroatoms. The molecular formula is C14H16N2O4S. The van der Waals surface area contributed by atoms with Crippen LogP contribution in [0, 0.1) is 0 Å². The van der Waals surface area contributed by atoms with Crippen LogP contribution in [0.2, 0.25) is 0 Å². The lowest BCUT2D eigenvalue weighted by Crippen LogP contribution is -2.12. The summed E-state index contributed by atoms with van der Waals surface area (Å²) in [5.41, 5.74) is -0.0423. The SMILES string of the molecule is CS(=O)(=O)CCCNc1nc(C(=O)O)cc2ccccc12. The van der Waals surface area contributed by atoms with Crippen molar-refractivity contribution in [1.29, 1.82) is 0 Å². The Bertz CT molecular complexity index is 772. The first-order valence-corrected chi connectivity index (χ1v) is 8.47. The highest BCUT2D eigenvalue weighted by molar-refractivity contribution is 7.90. The predicted molar refractivity (Wildman–Crippen MR) is 81.5 cm³/mol. The Balaban J connectivity index is 2.23. The fourth-order valence-electron chi connectivity index (χ4n) is 1.98. The number of pyridine rings is 1. The summed E-state index contributed by atoms with van der Waals surface area (Å²) in [5.74, 6) is -0.560. The highest BCUT2D eigenvalue weighted by Crippen LogP contribution is 2.22. The van der Waals surface area contributed by atoms with Crippen molar-refractivity contribution < 1.29 is 18.3 Å². The molecule has 0 bridgehead atoms. The Morgan fingerprint density at radius 1 is 1.33 bits per heavy atom. The van der Waals surface area contributed by atoms with Gasteiger partial charge in [0.05, 0.1) is 5.75 Å². The van der Waals surface area contributed by atoms with E-state index in [2.05, 4.69) is 10.3 Å². The normalized spacial score (nSPS) is 11.5. The number of anilines is 1. The molecule has 112 valence electrons. The van der Waals surface area contributed by atoms with Crippen LogP contribution in [0.5, 0.6) is 0 Å². The average molecular weight is 308 g/mol. The number of benzene rings is 1. The Kier molecular flexibility index (Phi) is 4.42. The summed E-state index contributed by atoms with van der Waals surface area (Å²) in [4.78, 5) is 15.2. The molecule has 0 aliphatic carbocycles.